The van der Waals surface area contributed by atoms with Gasteiger partial charge in [0, 0.05) is 6.54 Å². The Bertz CT molecular complexity index is 484. The number of anilines is 1. The van der Waals surface area contributed by atoms with Gasteiger partial charge in [-0.3, -0.25) is 9.52 Å². The summed E-state index contributed by atoms with van der Waals surface area (Å²) in [6, 6.07) is 6.55. The Morgan fingerprint density at radius 3 is 2.56 bits per heavy atom. The summed E-state index contributed by atoms with van der Waals surface area (Å²) in [6.07, 6.45) is 0. The van der Waals surface area contributed by atoms with E-state index in [0.717, 1.165) is 0 Å². The molecule has 6 nitrogen and oxygen atoms in total. The van der Waals surface area contributed by atoms with Crippen molar-refractivity contribution in [3.05, 3.63) is 29.8 Å². The third-order valence-electron chi connectivity index (χ3n) is 1.82. The van der Waals surface area contributed by atoms with E-state index in [2.05, 4.69) is 4.72 Å². The Morgan fingerprint density at radius 2 is 2.00 bits per heavy atom. The average Bonchev–Trinajstić information content (AvgIpc) is 2.15. The van der Waals surface area contributed by atoms with Crippen molar-refractivity contribution in [3.8, 4) is 0 Å². The Labute approximate surface area is 93.1 Å². The van der Waals surface area contributed by atoms with E-state index < -0.39 is 21.7 Å². The molecule has 0 heterocycles. The molecule has 1 aromatic carbocycles. The molecular weight excluding hydrogens is 232 g/mol. The number of hydrogen-bond acceptors (Lipinski definition) is 4. The van der Waals surface area contributed by atoms with Gasteiger partial charge in [-0.05, 0) is 11.6 Å². The fourth-order valence-electron chi connectivity index (χ4n) is 1.16. The minimum Gasteiger partial charge on any atom is -0.480 e. The molecule has 0 atom stereocenters. The number of carboxylic acid groups (broad SMARTS) is 1. The van der Waals surface area contributed by atoms with Crippen LogP contribution in [0.2, 0.25) is 0 Å². The molecule has 16 heavy (non-hydrogen) atoms. The first-order valence-corrected chi connectivity index (χ1v) is 6.10. The van der Waals surface area contributed by atoms with Crippen LogP contribution in [0.25, 0.3) is 0 Å². The number of para-hydroxylation sites is 1. The normalized spacial score (nSPS) is 11.1. The number of hydrogen-bond donors (Lipinski definition) is 3. The highest BCUT2D eigenvalue weighted by Gasteiger charge is 2.16. The number of aliphatic carboxylic acids is 1. The van der Waals surface area contributed by atoms with Crippen LogP contribution in [0.4, 0.5) is 5.69 Å². The third kappa shape index (κ3) is 3.52. The summed E-state index contributed by atoms with van der Waals surface area (Å²) in [5, 5.41) is 8.41. The molecule has 0 unspecified atom stereocenters. The average molecular weight is 244 g/mol. The molecule has 0 fully saturated rings. The lowest BCUT2D eigenvalue weighted by Gasteiger charge is -2.09. The van der Waals surface area contributed by atoms with E-state index in [4.69, 9.17) is 10.8 Å². The second-order valence-corrected chi connectivity index (χ2v) is 4.84. The van der Waals surface area contributed by atoms with Crippen molar-refractivity contribution in [2.45, 2.75) is 6.54 Å². The van der Waals surface area contributed by atoms with Crippen LogP contribution in [0.1, 0.15) is 5.56 Å². The minimum atomic E-state index is -3.87. The number of carboxylic acids is 1. The lowest BCUT2D eigenvalue weighted by molar-refractivity contribution is -0.134. The fraction of sp³-hybridized carbons (Fsp3) is 0.222. The molecule has 1 rings (SSSR count). The van der Waals surface area contributed by atoms with Gasteiger partial charge >= 0.3 is 5.97 Å². The van der Waals surface area contributed by atoms with Crippen LogP contribution in [-0.4, -0.2) is 25.2 Å². The molecule has 0 saturated carbocycles. The van der Waals surface area contributed by atoms with Crippen LogP contribution < -0.4 is 10.5 Å². The number of rotatable bonds is 5. The summed E-state index contributed by atoms with van der Waals surface area (Å²) in [5.74, 6) is -2.37. The molecule has 0 saturated heterocycles. The van der Waals surface area contributed by atoms with E-state index in [1.165, 1.54) is 6.07 Å². The third-order valence-corrected chi connectivity index (χ3v) is 2.97. The van der Waals surface area contributed by atoms with Gasteiger partial charge in [-0.1, -0.05) is 18.2 Å². The van der Waals surface area contributed by atoms with Crippen LogP contribution in [0, 0.1) is 0 Å². The van der Waals surface area contributed by atoms with Gasteiger partial charge in [0.2, 0.25) is 10.0 Å². The summed E-state index contributed by atoms with van der Waals surface area (Å²) in [4.78, 5) is 10.3. The number of carbonyl (C=O) groups is 1. The van der Waals surface area contributed by atoms with Crippen molar-refractivity contribution in [1.29, 1.82) is 0 Å². The van der Waals surface area contributed by atoms with Crippen molar-refractivity contribution in [3.63, 3.8) is 0 Å². The predicted molar refractivity (Wildman–Crippen MR) is 59.4 cm³/mol. The van der Waals surface area contributed by atoms with Crippen LogP contribution in [0.5, 0.6) is 0 Å². The maximum absolute atomic E-state index is 11.3. The van der Waals surface area contributed by atoms with Gasteiger partial charge in [0.05, 0.1) is 5.69 Å². The van der Waals surface area contributed by atoms with Crippen molar-refractivity contribution >= 4 is 21.7 Å². The zero-order valence-corrected chi connectivity index (χ0v) is 9.20. The predicted octanol–water partition coefficient (Wildman–Crippen LogP) is -0.0284. The van der Waals surface area contributed by atoms with Crippen LogP contribution in [0.3, 0.4) is 0 Å². The largest absolute Gasteiger partial charge is 0.480 e. The van der Waals surface area contributed by atoms with Gasteiger partial charge in [-0.2, -0.15) is 0 Å². The Balaban J connectivity index is 2.92. The first kappa shape index (κ1) is 12.5. The second kappa shape index (κ2) is 4.95. The van der Waals surface area contributed by atoms with Gasteiger partial charge in [-0.15, -0.1) is 0 Å². The van der Waals surface area contributed by atoms with Gasteiger partial charge in [0.25, 0.3) is 0 Å². The molecule has 7 heteroatoms. The number of nitrogens with two attached hydrogens (primary N) is 1. The zero-order valence-electron chi connectivity index (χ0n) is 8.38. The molecule has 0 aliphatic heterocycles. The van der Waals surface area contributed by atoms with Gasteiger partial charge < -0.3 is 10.8 Å². The molecule has 0 spiro atoms. The van der Waals surface area contributed by atoms with Crippen LogP contribution >= 0.6 is 0 Å². The Morgan fingerprint density at radius 1 is 1.38 bits per heavy atom. The molecule has 4 N–H and O–H groups in total. The molecular formula is C9H12N2O4S. The fourth-order valence-corrected chi connectivity index (χ4v) is 2.10. The minimum absolute atomic E-state index is 0.172. The van der Waals surface area contributed by atoms with E-state index in [1.807, 2.05) is 0 Å². The molecule has 0 aliphatic rings. The van der Waals surface area contributed by atoms with Crippen LogP contribution in [0.15, 0.2) is 24.3 Å². The van der Waals surface area contributed by atoms with Gasteiger partial charge in [-0.25, -0.2) is 8.42 Å². The maximum atomic E-state index is 11.3. The smallest absolute Gasteiger partial charge is 0.320 e. The molecule has 0 amide bonds. The summed E-state index contributed by atoms with van der Waals surface area (Å²) < 4.78 is 24.9. The highest BCUT2D eigenvalue weighted by atomic mass is 32.2. The summed E-state index contributed by atoms with van der Waals surface area (Å²) in [5.41, 5.74) is 6.34. The number of sulfonamides is 1. The lowest BCUT2D eigenvalue weighted by Crippen LogP contribution is -2.23. The first-order chi connectivity index (χ1) is 7.44. The molecule has 1 aromatic rings. The topological polar surface area (TPSA) is 109 Å². The molecule has 0 bridgehead atoms. The Hall–Kier alpha value is -1.60. The van der Waals surface area contributed by atoms with E-state index in [9.17, 15) is 13.2 Å². The van der Waals surface area contributed by atoms with Crippen LogP contribution in [-0.2, 0) is 21.4 Å². The molecule has 88 valence electrons. The number of benzene rings is 1. The standard InChI is InChI=1S/C9H12N2O4S/c10-5-7-3-1-2-4-8(7)11-16(14,15)6-9(12)13/h1-4,11H,5-6,10H2,(H,12,13). The SMILES string of the molecule is NCc1ccccc1NS(=O)(=O)CC(=O)O. The highest BCUT2D eigenvalue weighted by Crippen LogP contribution is 2.15. The highest BCUT2D eigenvalue weighted by molar-refractivity contribution is 7.93. The van der Waals surface area contributed by atoms with Gasteiger partial charge in [0.1, 0.15) is 0 Å². The summed E-state index contributed by atoms with van der Waals surface area (Å²) in [6.45, 7) is 0.172. The van der Waals surface area contributed by atoms with Crippen molar-refractivity contribution in [2.24, 2.45) is 5.73 Å². The maximum Gasteiger partial charge on any atom is 0.320 e. The van der Waals surface area contributed by atoms with Crippen molar-refractivity contribution in [2.75, 3.05) is 10.5 Å². The second-order valence-electron chi connectivity index (χ2n) is 3.12. The Kier molecular flexibility index (Phi) is 3.86. The monoisotopic (exact) mass is 244 g/mol. The van der Waals surface area contributed by atoms with E-state index in [-0.39, 0.29) is 6.54 Å². The summed E-state index contributed by atoms with van der Waals surface area (Å²) in [7, 11) is -3.87. The first-order valence-electron chi connectivity index (χ1n) is 4.45. The summed E-state index contributed by atoms with van der Waals surface area (Å²) >= 11 is 0. The quantitative estimate of drug-likeness (QED) is 0.674. The van der Waals surface area contributed by atoms with Crippen molar-refractivity contribution in [1.82, 2.24) is 0 Å². The lowest BCUT2D eigenvalue weighted by atomic mass is 10.2. The molecule has 0 radical (unpaired) electrons. The zero-order chi connectivity index (χ0) is 12.2. The molecule has 0 aromatic heterocycles. The molecule has 0 aliphatic carbocycles. The van der Waals surface area contributed by atoms with Gasteiger partial charge in [0.15, 0.2) is 5.75 Å². The van der Waals surface area contributed by atoms with E-state index in [0.29, 0.717) is 11.3 Å². The van der Waals surface area contributed by atoms with E-state index in [1.54, 1.807) is 18.2 Å². The number of nitrogens with one attached hydrogen (secondary N) is 1. The van der Waals surface area contributed by atoms with Crippen molar-refractivity contribution < 1.29 is 18.3 Å². The van der Waals surface area contributed by atoms with E-state index >= 15 is 0 Å².